The summed E-state index contributed by atoms with van der Waals surface area (Å²) in [6.45, 7) is 3.59. The first-order chi connectivity index (χ1) is 6.84. The molecule has 0 bridgehead atoms. The molecular formula is C11H17NO2. The molecule has 1 heterocycles. The lowest BCUT2D eigenvalue weighted by Gasteiger charge is -2.12. The lowest BCUT2D eigenvalue weighted by Crippen LogP contribution is -2.28. The van der Waals surface area contributed by atoms with Crippen molar-refractivity contribution in [1.82, 2.24) is 5.32 Å². The van der Waals surface area contributed by atoms with Crippen LogP contribution in [0.25, 0.3) is 0 Å². The van der Waals surface area contributed by atoms with E-state index in [9.17, 15) is 0 Å². The molecular weight excluding hydrogens is 178 g/mol. The van der Waals surface area contributed by atoms with Crippen LogP contribution >= 0.6 is 0 Å². The Bertz CT molecular complexity index is 254. The summed E-state index contributed by atoms with van der Waals surface area (Å²) >= 11 is 0. The van der Waals surface area contributed by atoms with Crippen molar-refractivity contribution in [2.45, 2.75) is 38.5 Å². The molecule has 78 valence electrons. The minimum atomic E-state index is 0.251. The molecule has 0 saturated heterocycles. The van der Waals surface area contributed by atoms with Crippen LogP contribution in [0.4, 0.5) is 0 Å². The predicted octanol–water partition coefficient (Wildman–Crippen LogP) is 1.94. The number of rotatable bonds is 6. The molecule has 1 saturated carbocycles. The molecule has 1 aromatic rings. The third kappa shape index (κ3) is 3.16. The lowest BCUT2D eigenvalue weighted by atomic mass is 10.4. The third-order valence-corrected chi connectivity index (χ3v) is 2.36. The van der Waals surface area contributed by atoms with Gasteiger partial charge in [-0.05, 0) is 31.9 Å². The SMILES string of the molecule is CC(CNC1CC1)OCc1ccco1. The van der Waals surface area contributed by atoms with Crippen LogP contribution in [0.15, 0.2) is 22.8 Å². The zero-order chi connectivity index (χ0) is 9.80. The van der Waals surface area contributed by atoms with E-state index >= 15 is 0 Å². The molecule has 3 heteroatoms. The van der Waals surface area contributed by atoms with E-state index in [0.717, 1.165) is 18.3 Å². The zero-order valence-electron chi connectivity index (χ0n) is 8.53. The Hall–Kier alpha value is -0.800. The van der Waals surface area contributed by atoms with Crippen molar-refractivity contribution < 1.29 is 9.15 Å². The normalized spacial score (nSPS) is 18.4. The molecule has 1 aliphatic rings. The maximum atomic E-state index is 5.61. The summed E-state index contributed by atoms with van der Waals surface area (Å²) in [7, 11) is 0. The molecule has 0 amide bonds. The van der Waals surface area contributed by atoms with Gasteiger partial charge < -0.3 is 14.5 Å². The fourth-order valence-corrected chi connectivity index (χ4v) is 1.30. The first kappa shape index (κ1) is 9.74. The number of furan rings is 1. The molecule has 0 spiro atoms. The van der Waals surface area contributed by atoms with Crippen LogP contribution in [-0.4, -0.2) is 18.7 Å². The smallest absolute Gasteiger partial charge is 0.129 e. The zero-order valence-corrected chi connectivity index (χ0v) is 8.53. The minimum Gasteiger partial charge on any atom is -0.467 e. The monoisotopic (exact) mass is 195 g/mol. The van der Waals surface area contributed by atoms with E-state index in [-0.39, 0.29) is 6.10 Å². The number of ether oxygens (including phenoxy) is 1. The number of hydrogen-bond donors (Lipinski definition) is 1. The molecule has 1 N–H and O–H groups in total. The Balaban J connectivity index is 1.59. The molecule has 14 heavy (non-hydrogen) atoms. The summed E-state index contributed by atoms with van der Waals surface area (Å²) in [6.07, 6.45) is 4.57. The van der Waals surface area contributed by atoms with Crippen LogP contribution < -0.4 is 5.32 Å². The van der Waals surface area contributed by atoms with Gasteiger partial charge in [-0.25, -0.2) is 0 Å². The number of hydrogen-bond acceptors (Lipinski definition) is 3. The number of nitrogens with one attached hydrogen (secondary N) is 1. The highest BCUT2D eigenvalue weighted by Gasteiger charge is 2.20. The van der Waals surface area contributed by atoms with Crippen molar-refractivity contribution >= 4 is 0 Å². The van der Waals surface area contributed by atoms with Gasteiger partial charge >= 0.3 is 0 Å². The van der Waals surface area contributed by atoms with Gasteiger partial charge in [-0.2, -0.15) is 0 Å². The average molecular weight is 195 g/mol. The molecule has 1 unspecified atom stereocenters. The van der Waals surface area contributed by atoms with Gasteiger partial charge in [0.05, 0.1) is 12.4 Å². The molecule has 0 aliphatic heterocycles. The Morgan fingerprint density at radius 1 is 1.64 bits per heavy atom. The quantitative estimate of drug-likeness (QED) is 0.753. The van der Waals surface area contributed by atoms with Gasteiger partial charge in [0.1, 0.15) is 12.4 Å². The molecule has 1 atom stereocenters. The second-order valence-corrected chi connectivity index (χ2v) is 3.88. The first-order valence-electron chi connectivity index (χ1n) is 5.22. The van der Waals surface area contributed by atoms with Crippen LogP contribution in [0.2, 0.25) is 0 Å². The molecule has 0 radical (unpaired) electrons. The summed E-state index contributed by atoms with van der Waals surface area (Å²) < 4.78 is 10.8. The average Bonchev–Trinajstić information content (AvgIpc) is 2.87. The highest BCUT2D eigenvalue weighted by molar-refractivity contribution is 4.96. The molecule has 1 aromatic heterocycles. The summed E-state index contributed by atoms with van der Waals surface area (Å²) in [6, 6.07) is 4.57. The first-order valence-corrected chi connectivity index (χ1v) is 5.22. The van der Waals surface area contributed by atoms with Gasteiger partial charge in [-0.1, -0.05) is 0 Å². The fourth-order valence-electron chi connectivity index (χ4n) is 1.30. The second-order valence-electron chi connectivity index (χ2n) is 3.88. The van der Waals surface area contributed by atoms with Crippen molar-refractivity contribution in [3.63, 3.8) is 0 Å². The van der Waals surface area contributed by atoms with Gasteiger partial charge in [0.25, 0.3) is 0 Å². The van der Waals surface area contributed by atoms with Crippen LogP contribution in [0.3, 0.4) is 0 Å². The Kier molecular flexibility index (Phi) is 3.22. The molecule has 0 aromatic carbocycles. The maximum absolute atomic E-state index is 5.61. The van der Waals surface area contributed by atoms with Crippen molar-refractivity contribution in [3.8, 4) is 0 Å². The molecule has 1 fully saturated rings. The van der Waals surface area contributed by atoms with Crippen LogP contribution in [0.1, 0.15) is 25.5 Å². The maximum Gasteiger partial charge on any atom is 0.129 e. The Morgan fingerprint density at radius 3 is 3.14 bits per heavy atom. The van der Waals surface area contributed by atoms with Crippen LogP contribution in [-0.2, 0) is 11.3 Å². The van der Waals surface area contributed by atoms with Crippen LogP contribution in [0, 0.1) is 0 Å². The van der Waals surface area contributed by atoms with E-state index < -0.39 is 0 Å². The highest BCUT2D eigenvalue weighted by atomic mass is 16.5. The van der Waals surface area contributed by atoms with Gasteiger partial charge in [-0.15, -0.1) is 0 Å². The summed E-state index contributed by atoms with van der Waals surface area (Å²) in [5, 5.41) is 3.43. The van der Waals surface area contributed by atoms with Gasteiger partial charge in [-0.3, -0.25) is 0 Å². The topological polar surface area (TPSA) is 34.4 Å². The van der Waals surface area contributed by atoms with E-state index in [4.69, 9.17) is 9.15 Å². The fraction of sp³-hybridized carbons (Fsp3) is 0.636. The lowest BCUT2D eigenvalue weighted by molar-refractivity contribution is 0.0428. The standard InChI is InChI=1S/C11H17NO2/c1-9(7-12-10-4-5-10)14-8-11-3-2-6-13-11/h2-3,6,9-10,12H,4-5,7-8H2,1H3. The van der Waals surface area contributed by atoms with Crippen molar-refractivity contribution in [1.29, 1.82) is 0 Å². The third-order valence-electron chi connectivity index (χ3n) is 2.36. The second kappa shape index (κ2) is 4.62. The van der Waals surface area contributed by atoms with E-state index in [1.165, 1.54) is 12.8 Å². The van der Waals surface area contributed by atoms with Crippen LogP contribution in [0.5, 0.6) is 0 Å². The van der Waals surface area contributed by atoms with Gasteiger partial charge in [0, 0.05) is 12.6 Å². The molecule has 3 nitrogen and oxygen atoms in total. The Labute approximate surface area is 84.4 Å². The summed E-state index contributed by atoms with van der Waals surface area (Å²) in [5.41, 5.74) is 0. The molecule has 2 rings (SSSR count). The van der Waals surface area contributed by atoms with Gasteiger partial charge in [0.15, 0.2) is 0 Å². The summed E-state index contributed by atoms with van der Waals surface area (Å²) in [5.74, 6) is 0.892. The van der Waals surface area contributed by atoms with Crippen molar-refractivity contribution in [3.05, 3.63) is 24.2 Å². The van der Waals surface area contributed by atoms with E-state index in [2.05, 4.69) is 12.2 Å². The predicted molar refractivity (Wildman–Crippen MR) is 54.0 cm³/mol. The highest BCUT2D eigenvalue weighted by Crippen LogP contribution is 2.18. The van der Waals surface area contributed by atoms with Crippen molar-refractivity contribution in [2.24, 2.45) is 0 Å². The van der Waals surface area contributed by atoms with Gasteiger partial charge in [0.2, 0.25) is 0 Å². The summed E-state index contributed by atoms with van der Waals surface area (Å²) in [4.78, 5) is 0. The largest absolute Gasteiger partial charge is 0.467 e. The van der Waals surface area contributed by atoms with E-state index in [1.807, 2.05) is 12.1 Å². The van der Waals surface area contributed by atoms with E-state index in [1.54, 1.807) is 6.26 Å². The van der Waals surface area contributed by atoms with Crippen molar-refractivity contribution in [2.75, 3.05) is 6.54 Å². The minimum absolute atomic E-state index is 0.251. The Morgan fingerprint density at radius 2 is 2.50 bits per heavy atom. The molecule has 1 aliphatic carbocycles. The van der Waals surface area contributed by atoms with E-state index in [0.29, 0.717) is 6.61 Å².